The summed E-state index contributed by atoms with van der Waals surface area (Å²) in [5, 5.41) is 4.59. The van der Waals surface area contributed by atoms with Gasteiger partial charge in [-0.15, -0.1) is 22.7 Å². The molecule has 4 rings (SSSR count). The van der Waals surface area contributed by atoms with Crippen LogP contribution in [0.4, 0.5) is 0 Å². The van der Waals surface area contributed by atoms with Gasteiger partial charge in [-0.2, -0.15) is 0 Å². The maximum Gasteiger partial charge on any atom is 0.263 e. The predicted molar refractivity (Wildman–Crippen MR) is 102 cm³/mol. The van der Waals surface area contributed by atoms with E-state index in [1.54, 1.807) is 11.3 Å². The van der Waals surface area contributed by atoms with Gasteiger partial charge in [0.2, 0.25) is 5.91 Å². The second-order valence-electron chi connectivity index (χ2n) is 6.57. The Bertz CT molecular complexity index is 959. The predicted octanol–water partition coefficient (Wildman–Crippen LogP) is 3.45. The zero-order chi connectivity index (χ0) is 17.4. The summed E-state index contributed by atoms with van der Waals surface area (Å²) in [6.45, 7) is 3.79. The Balaban J connectivity index is 1.66. The Morgan fingerprint density at radius 2 is 2.28 bits per heavy atom. The van der Waals surface area contributed by atoms with Crippen LogP contribution < -0.4 is 5.56 Å². The molecule has 1 aliphatic heterocycles. The van der Waals surface area contributed by atoms with Crippen molar-refractivity contribution in [2.24, 2.45) is 5.92 Å². The average Bonchev–Trinajstić information content (AvgIpc) is 3.26. The molecule has 0 spiro atoms. The minimum Gasteiger partial charge on any atom is -0.341 e. The van der Waals surface area contributed by atoms with Gasteiger partial charge in [-0.1, -0.05) is 13.0 Å². The van der Waals surface area contributed by atoms with Crippen molar-refractivity contribution in [3.05, 3.63) is 39.6 Å². The summed E-state index contributed by atoms with van der Waals surface area (Å²) in [5.74, 6) is 0.528. The van der Waals surface area contributed by atoms with Crippen LogP contribution in [0.15, 0.2) is 34.0 Å². The average molecular weight is 374 g/mol. The second-order valence-corrected chi connectivity index (χ2v) is 8.38. The number of amides is 1. The van der Waals surface area contributed by atoms with Gasteiger partial charge in [0.1, 0.15) is 11.4 Å². The van der Waals surface area contributed by atoms with Crippen LogP contribution in [0, 0.1) is 5.92 Å². The maximum atomic E-state index is 13.0. The number of fused-ring (bicyclic) bond motifs is 1. The fourth-order valence-electron chi connectivity index (χ4n) is 3.35. The van der Waals surface area contributed by atoms with Gasteiger partial charge < -0.3 is 4.90 Å². The maximum absolute atomic E-state index is 13.0. The summed E-state index contributed by atoms with van der Waals surface area (Å²) in [5.41, 5.74) is 0.786. The molecule has 3 aromatic heterocycles. The number of hydrogen-bond donors (Lipinski definition) is 0. The highest BCUT2D eigenvalue weighted by Crippen LogP contribution is 2.33. The largest absolute Gasteiger partial charge is 0.341 e. The van der Waals surface area contributed by atoms with E-state index in [1.807, 2.05) is 27.8 Å². The number of nitrogens with zero attached hydrogens (tertiary/aromatic N) is 3. The fourth-order valence-corrected chi connectivity index (χ4v) is 5.08. The Kier molecular flexibility index (Phi) is 4.43. The number of hydrogen-bond acceptors (Lipinski definition) is 5. The van der Waals surface area contributed by atoms with Crippen molar-refractivity contribution in [3.63, 3.8) is 0 Å². The standard InChI is InChI=1S/C18H19N3O2S2/c1-12-4-2-6-20(8-12)15(22)9-21-11-19-17-16(18(21)23)13(10-25-17)14-5-3-7-24-14/h3,5,7,10-12H,2,4,6,8-9H2,1H3/t12-/m0/s1. The number of carbonyl (C=O) groups excluding carboxylic acids is 1. The molecule has 1 fully saturated rings. The van der Waals surface area contributed by atoms with Gasteiger partial charge in [0.15, 0.2) is 0 Å². The third-order valence-corrected chi connectivity index (χ3v) is 6.45. The van der Waals surface area contributed by atoms with Crippen molar-refractivity contribution in [3.8, 4) is 10.4 Å². The molecule has 0 N–H and O–H groups in total. The molecule has 0 aromatic carbocycles. The Morgan fingerprint density at radius 3 is 3.04 bits per heavy atom. The Morgan fingerprint density at radius 1 is 1.40 bits per heavy atom. The van der Waals surface area contributed by atoms with Gasteiger partial charge in [-0.3, -0.25) is 14.2 Å². The number of rotatable bonds is 3. The molecule has 0 bridgehead atoms. The first-order chi connectivity index (χ1) is 12.1. The SMILES string of the molecule is C[C@H]1CCCN(C(=O)Cn2cnc3scc(-c4cccs4)c3c2=O)C1. The first-order valence-electron chi connectivity index (χ1n) is 8.42. The zero-order valence-corrected chi connectivity index (χ0v) is 15.6. The first kappa shape index (κ1) is 16.5. The van der Waals surface area contributed by atoms with Crippen molar-refractivity contribution < 1.29 is 4.79 Å². The molecule has 1 amide bonds. The monoisotopic (exact) mass is 373 g/mol. The van der Waals surface area contributed by atoms with E-state index in [2.05, 4.69) is 11.9 Å². The third-order valence-electron chi connectivity index (χ3n) is 4.66. The van der Waals surface area contributed by atoms with E-state index in [4.69, 9.17) is 0 Å². The lowest BCUT2D eigenvalue weighted by Gasteiger charge is -2.31. The van der Waals surface area contributed by atoms with Gasteiger partial charge in [0.05, 0.1) is 11.7 Å². The van der Waals surface area contributed by atoms with Crippen molar-refractivity contribution in [1.29, 1.82) is 0 Å². The number of carbonyl (C=O) groups is 1. The van der Waals surface area contributed by atoms with E-state index in [1.165, 1.54) is 22.2 Å². The van der Waals surface area contributed by atoms with Crippen molar-refractivity contribution >= 4 is 38.8 Å². The van der Waals surface area contributed by atoms with Gasteiger partial charge in [-0.05, 0) is 30.2 Å². The van der Waals surface area contributed by atoms with Crippen molar-refractivity contribution in [2.75, 3.05) is 13.1 Å². The molecule has 1 atom stereocenters. The van der Waals surface area contributed by atoms with E-state index in [9.17, 15) is 9.59 Å². The molecule has 0 radical (unpaired) electrons. The molecule has 5 nitrogen and oxygen atoms in total. The van der Waals surface area contributed by atoms with Crippen molar-refractivity contribution in [1.82, 2.24) is 14.5 Å². The second kappa shape index (κ2) is 6.72. The first-order valence-corrected chi connectivity index (χ1v) is 10.2. The summed E-state index contributed by atoms with van der Waals surface area (Å²) < 4.78 is 1.45. The fraction of sp³-hybridized carbons (Fsp3) is 0.389. The molecule has 130 valence electrons. The normalized spacial score (nSPS) is 18.0. The van der Waals surface area contributed by atoms with E-state index in [0.29, 0.717) is 11.3 Å². The molecule has 25 heavy (non-hydrogen) atoms. The Labute approximate surface area is 153 Å². The number of likely N-dealkylation sites (tertiary alicyclic amines) is 1. The van der Waals surface area contributed by atoms with Crippen LogP contribution in [0.25, 0.3) is 20.7 Å². The van der Waals surface area contributed by atoms with E-state index >= 15 is 0 Å². The molecule has 0 unspecified atom stereocenters. The lowest BCUT2D eigenvalue weighted by molar-refractivity contribution is -0.133. The molecule has 1 aliphatic rings. The minimum atomic E-state index is -0.131. The molecule has 1 saturated heterocycles. The Hall–Kier alpha value is -1.99. The number of piperidine rings is 1. The van der Waals surface area contributed by atoms with Crippen LogP contribution in [0.5, 0.6) is 0 Å². The van der Waals surface area contributed by atoms with Crippen molar-refractivity contribution in [2.45, 2.75) is 26.3 Å². The lowest BCUT2D eigenvalue weighted by Crippen LogP contribution is -2.42. The quantitative estimate of drug-likeness (QED) is 0.707. The molecule has 0 saturated carbocycles. The van der Waals surface area contributed by atoms with Crippen LogP contribution in [-0.4, -0.2) is 33.4 Å². The minimum absolute atomic E-state index is 0.00250. The summed E-state index contributed by atoms with van der Waals surface area (Å²) >= 11 is 3.07. The third kappa shape index (κ3) is 3.14. The summed E-state index contributed by atoms with van der Waals surface area (Å²) in [6.07, 6.45) is 3.70. The van der Waals surface area contributed by atoms with Crippen LogP contribution in [0.3, 0.4) is 0 Å². The van der Waals surface area contributed by atoms with Crippen LogP contribution >= 0.6 is 22.7 Å². The molecule has 4 heterocycles. The molecule has 3 aromatic rings. The molecular formula is C18H19N3O2S2. The highest BCUT2D eigenvalue weighted by atomic mass is 32.1. The van der Waals surface area contributed by atoms with E-state index < -0.39 is 0 Å². The van der Waals surface area contributed by atoms with E-state index in [-0.39, 0.29) is 18.0 Å². The number of thiophene rings is 2. The molecule has 7 heteroatoms. The highest BCUT2D eigenvalue weighted by Gasteiger charge is 2.22. The summed E-state index contributed by atoms with van der Waals surface area (Å²) in [4.78, 5) is 33.6. The summed E-state index contributed by atoms with van der Waals surface area (Å²) in [6, 6.07) is 3.97. The molecule has 0 aliphatic carbocycles. The van der Waals surface area contributed by atoms with Gasteiger partial charge >= 0.3 is 0 Å². The smallest absolute Gasteiger partial charge is 0.263 e. The highest BCUT2D eigenvalue weighted by molar-refractivity contribution is 7.18. The van der Waals surface area contributed by atoms with Gasteiger partial charge in [0, 0.05) is 28.9 Å². The zero-order valence-electron chi connectivity index (χ0n) is 14.0. The van der Waals surface area contributed by atoms with Crippen LogP contribution in [0.2, 0.25) is 0 Å². The van der Waals surface area contributed by atoms with Crippen LogP contribution in [0.1, 0.15) is 19.8 Å². The van der Waals surface area contributed by atoms with Crippen LogP contribution in [-0.2, 0) is 11.3 Å². The van der Waals surface area contributed by atoms with Gasteiger partial charge in [0.25, 0.3) is 5.56 Å². The topological polar surface area (TPSA) is 55.2 Å². The number of aromatic nitrogens is 2. The van der Waals surface area contributed by atoms with Gasteiger partial charge in [-0.25, -0.2) is 4.98 Å². The molecular weight excluding hydrogens is 354 g/mol. The lowest BCUT2D eigenvalue weighted by atomic mass is 10.0. The summed E-state index contributed by atoms with van der Waals surface area (Å²) in [7, 11) is 0. The van der Waals surface area contributed by atoms with E-state index in [0.717, 1.165) is 41.2 Å².